The Balaban J connectivity index is 1.59. The quantitative estimate of drug-likeness (QED) is 0.419. The molecule has 0 fully saturated rings. The lowest BCUT2D eigenvalue weighted by atomic mass is 10.4. The molecule has 9 nitrogen and oxygen atoms in total. The normalized spacial score (nSPS) is 11.5. The third-order valence-corrected chi connectivity index (χ3v) is 4.06. The molecular formula is C12H9N7O2S. The van der Waals surface area contributed by atoms with E-state index in [1.807, 2.05) is 11.4 Å². The van der Waals surface area contributed by atoms with Crippen molar-refractivity contribution < 1.29 is 4.92 Å². The summed E-state index contributed by atoms with van der Waals surface area (Å²) in [6.07, 6.45) is 4.81. The van der Waals surface area contributed by atoms with Crippen LogP contribution in [0.1, 0.15) is 5.82 Å². The Hall–Kier alpha value is -2.88. The highest BCUT2D eigenvalue weighted by atomic mass is 32.1. The molecule has 0 aliphatic carbocycles. The number of rotatable bonds is 4. The zero-order valence-electron chi connectivity index (χ0n) is 11.2. The molecule has 0 amide bonds. The number of aryl methyl sites for hydroxylation is 2. The second kappa shape index (κ2) is 4.84. The molecule has 4 heterocycles. The van der Waals surface area contributed by atoms with Gasteiger partial charge in [-0.05, 0) is 11.4 Å². The number of aromatic nitrogens is 6. The van der Waals surface area contributed by atoms with Gasteiger partial charge in [-0.25, -0.2) is 14.5 Å². The predicted molar refractivity (Wildman–Crippen MR) is 78.8 cm³/mol. The van der Waals surface area contributed by atoms with Gasteiger partial charge in [-0.3, -0.25) is 14.8 Å². The molecule has 10 heteroatoms. The van der Waals surface area contributed by atoms with E-state index in [-0.39, 0.29) is 5.69 Å². The molecule has 0 aromatic carbocycles. The smallest absolute Gasteiger partial charge is 0.265 e. The van der Waals surface area contributed by atoms with Gasteiger partial charge in [0.2, 0.25) is 0 Å². The van der Waals surface area contributed by atoms with Crippen LogP contribution in [0, 0.1) is 10.1 Å². The fourth-order valence-corrected chi connectivity index (χ4v) is 2.93. The number of nitrogens with zero attached hydrogens (tertiary/aromatic N) is 7. The lowest BCUT2D eigenvalue weighted by Crippen LogP contribution is -2.03. The SMILES string of the molecule is O=[N+]([O-])c1cnn(CCc2nc3c4ccsc4ncn3n2)c1. The zero-order chi connectivity index (χ0) is 15.1. The summed E-state index contributed by atoms with van der Waals surface area (Å²) in [5.74, 6) is 0.652. The van der Waals surface area contributed by atoms with Gasteiger partial charge in [-0.15, -0.1) is 16.4 Å². The average molecular weight is 315 g/mol. The molecule has 0 spiro atoms. The molecular weight excluding hydrogens is 306 g/mol. The maximum atomic E-state index is 10.6. The zero-order valence-corrected chi connectivity index (χ0v) is 12.0. The van der Waals surface area contributed by atoms with E-state index in [2.05, 4.69) is 20.2 Å². The third kappa shape index (κ3) is 2.09. The Bertz CT molecular complexity index is 986. The second-order valence-electron chi connectivity index (χ2n) is 4.65. The van der Waals surface area contributed by atoms with Crippen LogP contribution in [0.2, 0.25) is 0 Å². The molecule has 4 aromatic heterocycles. The van der Waals surface area contributed by atoms with Crippen LogP contribution in [-0.2, 0) is 13.0 Å². The van der Waals surface area contributed by atoms with Crippen molar-refractivity contribution >= 4 is 32.9 Å². The van der Waals surface area contributed by atoms with Gasteiger partial charge in [-0.2, -0.15) is 5.10 Å². The number of fused-ring (bicyclic) bond motifs is 3. The van der Waals surface area contributed by atoms with Crippen molar-refractivity contribution in [1.82, 2.24) is 29.4 Å². The van der Waals surface area contributed by atoms with E-state index >= 15 is 0 Å². The molecule has 0 bridgehead atoms. The van der Waals surface area contributed by atoms with Crippen LogP contribution < -0.4 is 0 Å². The fraction of sp³-hybridized carbons (Fsp3) is 0.167. The number of hydrogen-bond donors (Lipinski definition) is 0. The van der Waals surface area contributed by atoms with E-state index in [9.17, 15) is 10.1 Å². The lowest BCUT2D eigenvalue weighted by Gasteiger charge is -1.95. The van der Waals surface area contributed by atoms with Crippen molar-refractivity contribution in [3.8, 4) is 0 Å². The first-order valence-electron chi connectivity index (χ1n) is 6.45. The van der Waals surface area contributed by atoms with Crippen LogP contribution in [0.5, 0.6) is 0 Å². The Morgan fingerprint density at radius 3 is 3.14 bits per heavy atom. The third-order valence-electron chi connectivity index (χ3n) is 3.24. The van der Waals surface area contributed by atoms with Crippen molar-refractivity contribution in [2.45, 2.75) is 13.0 Å². The van der Waals surface area contributed by atoms with Crippen molar-refractivity contribution in [2.75, 3.05) is 0 Å². The van der Waals surface area contributed by atoms with Crippen LogP contribution in [0.15, 0.2) is 30.2 Å². The van der Waals surface area contributed by atoms with Crippen molar-refractivity contribution in [3.05, 3.63) is 46.1 Å². The molecule has 0 saturated carbocycles. The van der Waals surface area contributed by atoms with Crippen molar-refractivity contribution in [3.63, 3.8) is 0 Å². The maximum Gasteiger partial charge on any atom is 0.306 e. The Morgan fingerprint density at radius 1 is 1.41 bits per heavy atom. The van der Waals surface area contributed by atoms with Crippen LogP contribution in [0.3, 0.4) is 0 Å². The molecule has 0 saturated heterocycles. The topological polar surface area (TPSA) is 104 Å². The molecule has 0 aliphatic heterocycles. The van der Waals surface area contributed by atoms with Gasteiger partial charge < -0.3 is 0 Å². The summed E-state index contributed by atoms with van der Waals surface area (Å²) >= 11 is 1.56. The first kappa shape index (κ1) is 12.8. The molecule has 0 unspecified atom stereocenters. The van der Waals surface area contributed by atoms with Gasteiger partial charge in [0, 0.05) is 13.0 Å². The summed E-state index contributed by atoms with van der Waals surface area (Å²) in [5.41, 5.74) is 0.750. The standard InChI is InChI=1S/C12H9N7O2S/c20-19(21)8-5-14-17(6-8)3-1-10-15-11-9-2-4-22-12(9)13-7-18(11)16-10/h2,4-7H,1,3H2. The van der Waals surface area contributed by atoms with Crippen LogP contribution in [0.25, 0.3) is 15.9 Å². The van der Waals surface area contributed by atoms with E-state index in [1.165, 1.54) is 17.1 Å². The Morgan fingerprint density at radius 2 is 2.32 bits per heavy atom. The minimum Gasteiger partial charge on any atom is -0.265 e. The second-order valence-corrected chi connectivity index (χ2v) is 5.54. The average Bonchev–Trinajstić information content (AvgIpc) is 3.22. The molecule has 0 N–H and O–H groups in total. The molecule has 0 radical (unpaired) electrons. The van der Waals surface area contributed by atoms with Crippen LogP contribution >= 0.6 is 11.3 Å². The summed E-state index contributed by atoms with van der Waals surface area (Å²) < 4.78 is 3.16. The lowest BCUT2D eigenvalue weighted by molar-refractivity contribution is -0.385. The first-order valence-corrected chi connectivity index (χ1v) is 7.33. The molecule has 110 valence electrons. The van der Waals surface area contributed by atoms with Gasteiger partial charge in [0.1, 0.15) is 23.6 Å². The minimum absolute atomic E-state index is 0.0212. The first-order chi connectivity index (χ1) is 10.7. The van der Waals surface area contributed by atoms with E-state index in [1.54, 1.807) is 22.2 Å². The van der Waals surface area contributed by atoms with Crippen molar-refractivity contribution in [2.24, 2.45) is 0 Å². The van der Waals surface area contributed by atoms with Crippen LogP contribution in [0.4, 0.5) is 5.69 Å². The number of hydrogen-bond acceptors (Lipinski definition) is 7. The summed E-state index contributed by atoms with van der Waals surface area (Å²) in [5, 5.41) is 21.9. The molecule has 4 aromatic rings. The van der Waals surface area contributed by atoms with E-state index < -0.39 is 4.92 Å². The highest BCUT2D eigenvalue weighted by molar-refractivity contribution is 7.16. The van der Waals surface area contributed by atoms with Gasteiger partial charge in [-0.1, -0.05) is 0 Å². The molecule has 0 atom stereocenters. The summed E-state index contributed by atoms with van der Waals surface area (Å²) in [6, 6.07) is 1.97. The molecule has 22 heavy (non-hydrogen) atoms. The van der Waals surface area contributed by atoms with Gasteiger partial charge in [0.15, 0.2) is 11.5 Å². The monoisotopic (exact) mass is 315 g/mol. The Kier molecular flexibility index (Phi) is 2.82. The highest BCUT2D eigenvalue weighted by Crippen LogP contribution is 2.21. The summed E-state index contributed by atoms with van der Waals surface area (Å²) in [6.45, 7) is 0.477. The minimum atomic E-state index is -0.467. The van der Waals surface area contributed by atoms with Gasteiger partial charge >= 0.3 is 5.69 Å². The highest BCUT2D eigenvalue weighted by Gasteiger charge is 2.11. The number of thiophene rings is 1. The van der Waals surface area contributed by atoms with Gasteiger partial charge in [0.25, 0.3) is 0 Å². The molecule has 4 rings (SSSR count). The largest absolute Gasteiger partial charge is 0.306 e. The van der Waals surface area contributed by atoms with E-state index in [0.29, 0.717) is 18.8 Å². The van der Waals surface area contributed by atoms with Gasteiger partial charge in [0.05, 0.1) is 10.3 Å². The van der Waals surface area contributed by atoms with Crippen LogP contribution in [-0.4, -0.2) is 34.3 Å². The van der Waals surface area contributed by atoms with E-state index in [0.717, 1.165) is 15.9 Å². The maximum absolute atomic E-state index is 10.6. The molecule has 0 aliphatic rings. The number of nitro groups is 1. The fourth-order valence-electron chi connectivity index (χ4n) is 2.20. The summed E-state index contributed by atoms with van der Waals surface area (Å²) in [7, 11) is 0. The Labute approximate surface area is 127 Å². The predicted octanol–water partition coefficient (Wildman–Crippen LogP) is 1.69. The van der Waals surface area contributed by atoms with Crippen molar-refractivity contribution in [1.29, 1.82) is 0 Å². The van der Waals surface area contributed by atoms with E-state index in [4.69, 9.17) is 0 Å². The summed E-state index contributed by atoms with van der Waals surface area (Å²) in [4.78, 5) is 19.9.